The molecule has 0 bridgehead atoms. The van der Waals surface area contributed by atoms with Gasteiger partial charge in [-0.05, 0) is 63.9 Å². The lowest BCUT2D eigenvalue weighted by Gasteiger charge is -2.54. The minimum atomic E-state index is -0.479. The summed E-state index contributed by atoms with van der Waals surface area (Å²) in [5, 5.41) is 12.8. The molecule has 2 saturated heterocycles. The predicted molar refractivity (Wildman–Crippen MR) is 131 cm³/mol. The van der Waals surface area contributed by atoms with Crippen LogP contribution in [0.4, 0.5) is 11.4 Å². The molecule has 35 heavy (non-hydrogen) atoms. The first-order valence-corrected chi connectivity index (χ1v) is 12.4. The number of para-hydroxylation sites is 2. The number of carbonyl (C=O) groups is 2. The number of fused-ring (bicyclic) bond motifs is 5. The van der Waals surface area contributed by atoms with Crippen LogP contribution in [0.5, 0.6) is 11.5 Å². The number of hydrogen-bond donors (Lipinski definition) is 2. The largest absolute Gasteiger partial charge is 0.508 e. The predicted octanol–water partition coefficient (Wildman–Crippen LogP) is 3.46. The maximum absolute atomic E-state index is 13.5. The van der Waals surface area contributed by atoms with Crippen molar-refractivity contribution < 1.29 is 24.2 Å². The Morgan fingerprint density at radius 3 is 2.91 bits per heavy atom. The molecule has 0 aliphatic carbocycles. The molecule has 0 saturated carbocycles. The first kappa shape index (κ1) is 22.4. The van der Waals surface area contributed by atoms with E-state index in [2.05, 4.69) is 24.1 Å². The number of phenolic OH excluding ortho intramolecular Hbond substituents is 1. The number of anilines is 2. The van der Waals surface area contributed by atoms with E-state index in [9.17, 15) is 14.7 Å². The summed E-state index contributed by atoms with van der Waals surface area (Å²) < 4.78 is 13.1. The van der Waals surface area contributed by atoms with E-state index in [1.807, 2.05) is 30.3 Å². The number of ether oxygens (including phenoxy) is 2. The van der Waals surface area contributed by atoms with Crippen LogP contribution in [-0.2, 0) is 14.3 Å². The van der Waals surface area contributed by atoms with E-state index >= 15 is 0 Å². The Labute approximate surface area is 204 Å². The molecule has 6 rings (SSSR count). The van der Waals surface area contributed by atoms with Crippen LogP contribution in [0, 0.1) is 5.92 Å². The lowest BCUT2D eigenvalue weighted by atomic mass is 9.72. The molecule has 2 N–H and O–H groups in total. The third-order valence-corrected chi connectivity index (χ3v) is 7.99. The normalized spacial score (nSPS) is 29.1. The third kappa shape index (κ3) is 3.85. The van der Waals surface area contributed by atoms with Gasteiger partial charge in [-0.15, -0.1) is 0 Å². The fourth-order valence-electron chi connectivity index (χ4n) is 6.27. The highest BCUT2D eigenvalue weighted by Crippen LogP contribution is 2.52. The van der Waals surface area contributed by atoms with Gasteiger partial charge in [0.25, 0.3) is 0 Å². The number of rotatable bonds is 2. The molecule has 2 amide bonds. The molecule has 8 nitrogen and oxygen atoms in total. The Bertz CT molecular complexity index is 1180. The molecule has 184 valence electrons. The highest BCUT2D eigenvalue weighted by Gasteiger charge is 2.52. The number of hydrogen-bond acceptors (Lipinski definition) is 6. The number of benzene rings is 2. The molecular formula is C27H31N3O5. The zero-order valence-corrected chi connectivity index (χ0v) is 20.1. The number of carbonyl (C=O) groups excluding carboxylic acids is 2. The minimum Gasteiger partial charge on any atom is -0.508 e. The maximum Gasteiger partial charge on any atom is 0.244 e. The Kier molecular flexibility index (Phi) is 5.27. The molecule has 2 fully saturated rings. The molecule has 4 aliphatic rings. The summed E-state index contributed by atoms with van der Waals surface area (Å²) in [5.41, 5.74) is 1.92. The van der Waals surface area contributed by atoms with Gasteiger partial charge in [0.1, 0.15) is 23.6 Å². The van der Waals surface area contributed by atoms with Gasteiger partial charge in [0, 0.05) is 23.6 Å². The van der Waals surface area contributed by atoms with Crippen molar-refractivity contribution in [1.82, 2.24) is 4.90 Å². The Balaban J connectivity index is 1.24. The molecule has 4 atom stereocenters. The van der Waals surface area contributed by atoms with E-state index in [1.54, 1.807) is 17.0 Å². The van der Waals surface area contributed by atoms with E-state index in [1.165, 1.54) is 0 Å². The zero-order chi connectivity index (χ0) is 24.3. The van der Waals surface area contributed by atoms with Crippen LogP contribution >= 0.6 is 0 Å². The van der Waals surface area contributed by atoms with Gasteiger partial charge in [0.05, 0.1) is 30.1 Å². The molecule has 0 aromatic heterocycles. The van der Waals surface area contributed by atoms with Crippen molar-refractivity contribution in [1.29, 1.82) is 0 Å². The smallest absolute Gasteiger partial charge is 0.244 e. The molecule has 2 aromatic carbocycles. The van der Waals surface area contributed by atoms with Crippen molar-refractivity contribution in [2.75, 3.05) is 29.9 Å². The van der Waals surface area contributed by atoms with Gasteiger partial charge in [0.2, 0.25) is 11.8 Å². The standard InChI is InChI=1S/C27H31N3O5/c1-27(2)18-13-21-22(34-26(18)17-10-9-16(31)12-23(17)35-27)8-5-11-29(21)15-25(33)30-14-24(32)28-19-6-3-4-7-20(19)30/h3-4,6-7,9-10,12,18,21-22,26,31H,5,8,11,13-15H2,1-2H3,(H,28,32)/t18-,21-,22-,26+/m0/s1. The number of nitrogens with one attached hydrogen (secondary N) is 1. The van der Waals surface area contributed by atoms with Crippen molar-refractivity contribution in [3.63, 3.8) is 0 Å². The second kappa shape index (κ2) is 8.24. The third-order valence-electron chi connectivity index (χ3n) is 7.99. The summed E-state index contributed by atoms with van der Waals surface area (Å²) in [6, 6.07) is 12.8. The second-order valence-corrected chi connectivity index (χ2v) is 10.6. The SMILES string of the molecule is CC1(C)Oc2cc(O)ccc2[C@H]2O[C@H]3CCCN(CC(=O)N4CC(=O)Nc5ccccc54)[C@H]3C[C@@H]21. The van der Waals surface area contributed by atoms with Crippen molar-refractivity contribution >= 4 is 23.2 Å². The van der Waals surface area contributed by atoms with Crippen molar-refractivity contribution in [3.05, 3.63) is 48.0 Å². The van der Waals surface area contributed by atoms with Gasteiger partial charge in [-0.1, -0.05) is 12.1 Å². The van der Waals surface area contributed by atoms with Crippen LogP contribution < -0.4 is 15.0 Å². The quantitative estimate of drug-likeness (QED) is 0.689. The van der Waals surface area contributed by atoms with Crippen molar-refractivity contribution in [2.45, 2.75) is 57.0 Å². The monoisotopic (exact) mass is 477 g/mol. The number of nitrogens with zero attached hydrogens (tertiary/aromatic N) is 2. The maximum atomic E-state index is 13.5. The Morgan fingerprint density at radius 1 is 1.23 bits per heavy atom. The Morgan fingerprint density at radius 2 is 2.06 bits per heavy atom. The van der Waals surface area contributed by atoms with Gasteiger partial charge in [-0.2, -0.15) is 0 Å². The van der Waals surface area contributed by atoms with Gasteiger partial charge in [0.15, 0.2) is 0 Å². The zero-order valence-electron chi connectivity index (χ0n) is 20.1. The highest BCUT2D eigenvalue weighted by molar-refractivity contribution is 6.10. The van der Waals surface area contributed by atoms with Gasteiger partial charge < -0.3 is 19.9 Å². The number of amides is 2. The van der Waals surface area contributed by atoms with Crippen molar-refractivity contribution in [3.8, 4) is 11.5 Å². The first-order valence-electron chi connectivity index (χ1n) is 12.4. The summed E-state index contributed by atoms with van der Waals surface area (Å²) >= 11 is 0. The van der Waals surface area contributed by atoms with Gasteiger partial charge in [-0.3, -0.25) is 19.4 Å². The molecule has 4 aliphatic heterocycles. The Hall–Kier alpha value is -3.10. The number of likely N-dealkylation sites (tertiary alicyclic amines) is 1. The lowest BCUT2D eigenvalue weighted by Crippen LogP contribution is -2.60. The molecular weight excluding hydrogens is 446 g/mol. The van der Waals surface area contributed by atoms with E-state index in [4.69, 9.17) is 9.47 Å². The average molecular weight is 478 g/mol. The first-order chi connectivity index (χ1) is 16.8. The molecule has 8 heteroatoms. The van der Waals surface area contributed by atoms with Crippen LogP contribution in [0.15, 0.2) is 42.5 Å². The van der Waals surface area contributed by atoms with E-state index < -0.39 is 5.60 Å². The van der Waals surface area contributed by atoms with Crippen LogP contribution in [0.2, 0.25) is 0 Å². The summed E-state index contributed by atoms with van der Waals surface area (Å²) in [4.78, 5) is 29.6. The molecule has 0 unspecified atom stereocenters. The summed E-state index contributed by atoms with van der Waals surface area (Å²) in [7, 11) is 0. The van der Waals surface area contributed by atoms with Crippen LogP contribution in [0.1, 0.15) is 44.8 Å². The number of phenols is 1. The van der Waals surface area contributed by atoms with E-state index in [0.29, 0.717) is 11.4 Å². The van der Waals surface area contributed by atoms with Crippen LogP contribution in [0.25, 0.3) is 0 Å². The molecule has 2 aromatic rings. The molecule has 0 radical (unpaired) electrons. The van der Waals surface area contributed by atoms with Gasteiger partial charge in [-0.25, -0.2) is 0 Å². The van der Waals surface area contributed by atoms with Crippen LogP contribution in [0.3, 0.4) is 0 Å². The van der Waals surface area contributed by atoms with E-state index in [0.717, 1.165) is 37.1 Å². The summed E-state index contributed by atoms with van der Waals surface area (Å²) in [6.07, 6.45) is 2.66. The van der Waals surface area contributed by atoms with E-state index in [-0.39, 0.29) is 54.8 Å². The van der Waals surface area contributed by atoms with Gasteiger partial charge >= 0.3 is 0 Å². The summed E-state index contributed by atoms with van der Waals surface area (Å²) in [6.45, 7) is 5.24. The fraction of sp³-hybridized carbons (Fsp3) is 0.481. The molecule has 4 heterocycles. The molecule has 0 spiro atoms. The topological polar surface area (TPSA) is 91.3 Å². The highest BCUT2D eigenvalue weighted by atomic mass is 16.5. The second-order valence-electron chi connectivity index (χ2n) is 10.6. The van der Waals surface area contributed by atoms with Crippen molar-refractivity contribution in [2.24, 2.45) is 5.92 Å². The minimum absolute atomic E-state index is 0.0188. The average Bonchev–Trinajstić information content (AvgIpc) is 2.82. The summed E-state index contributed by atoms with van der Waals surface area (Å²) in [5.74, 6) is 0.720. The van der Waals surface area contributed by atoms with Crippen LogP contribution in [-0.4, -0.2) is 59.2 Å². The number of piperidine rings is 1. The fourth-order valence-corrected chi connectivity index (χ4v) is 6.27. The number of aromatic hydroxyl groups is 1. The lowest BCUT2D eigenvalue weighted by molar-refractivity contribution is -0.189.